The number of hydrogen-bond acceptors (Lipinski definition) is 4. The molecule has 0 bridgehead atoms. The van der Waals surface area contributed by atoms with Crippen molar-refractivity contribution >= 4 is 22.6 Å². The van der Waals surface area contributed by atoms with Gasteiger partial charge in [0.2, 0.25) is 5.91 Å². The van der Waals surface area contributed by atoms with Gasteiger partial charge in [-0.25, -0.2) is 4.98 Å². The zero-order valence-electron chi connectivity index (χ0n) is 18.5. The largest absolute Gasteiger partial charge is 0.486 e. The summed E-state index contributed by atoms with van der Waals surface area (Å²) >= 11 is 0. The van der Waals surface area contributed by atoms with Crippen LogP contribution < -0.4 is 14.4 Å². The first-order chi connectivity index (χ1) is 16.2. The van der Waals surface area contributed by atoms with E-state index in [0.717, 1.165) is 34.8 Å². The van der Waals surface area contributed by atoms with Gasteiger partial charge in [0.1, 0.15) is 19.0 Å². The van der Waals surface area contributed by atoms with Crippen LogP contribution >= 0.6 is 0 Å². The SMILES string of the molecule is Cc1cccc(Cn2c(C3CC(=O)N(c4ccc5c(c4)OCCO5)C3)nc3ccccc32)c1. The van der Waals surface area contributed by atoms with Gasteiger partial charge in [-0.2, -0.15) is 0 Å². The Hall–Kier alpha value is -3.80. The second-order valence-corrected chi connectivity index (χ2v) is 8.77. The average Bonchev–Trinajstić information content (AvgIpc) is 3.39. The lowest BCUT2D eigenvalue weighted by Crippen LogP contribution is -2.25. The topological polar surface area (TPSA) is 56.6 Å². The third kappa shape index (κ3) is 3.61. The number of para-hydroxylation sites is 2. The molecular formula is C27H25N3O3. The van der Waals surface area contributed by atoms with Crippen molar-refractivity contribution in [3.05, 3.63) is 83.7 Å². The van der Waals surface area contributed by atoms with Crippen molar-refractivity contribution in [3.63, 3.8) is 0 Å². The minimum absolute atomic E-state index is 0.0166. The fraction of sp³-hybridized carbons (Fsp3) is 0.259. The molecule has 1 unspecified atom stereocenters. The number of anilines is 1. The molecule has 3 heterocycles. The van der Waals surface area contributed by atoms with Crippen molar-refractivity contribution < 1.29 is 14.3 Å². The average molecular weight is 440 g/mol. The molecule has 6 rings (SSSR count). The van der Waals surface area contributed by atoms with Crippen LogP contribution in [0.1, 0.15) is 29.3 Å². The van der Waals surface area contributed by atoms with Crippen LogP contribution in [0.2, 0.25) is 0 Å². The summed E-state index contributed by atoms with van der Waals surface area (Å²) in [5, 5.41) is 0. The summed E-state index contributed by atoms with van der Waals surface area (Å²) in [4.78, 5) is 19.9. The summed E-state index contributed by atoms with van der Waals surface area (Å²) in [5.74, 6) is 2.51. The number of imidazole rings is 1. The predicted molar refractivity (Wildman–Crippen MR) is 127 cm³/mol. The van der Waals surface area contributed by atoms with Crippen molar-refractivity contribution in [2.24, 2.45) is 0 Å². The number of fused-ring (bicyclic) bond motifs is 2. The van der Waals surface area contributed by atoms with Gasteiger partial charge in [-0.05, 0) is 36.8 Å². The second-order valence-electron chi connectivity index (χ2n) is 8.77. The van der Waals surface area contributed by atoms with Gasteiger partial charge in [-0.15, -0.1) is 0 Å². The Morgan fingerprint density at radius 1 is 0.970 bits per heavy atom. The number of rotatable bonds is 4. The highest BCUT2D eigenvalue weighted by Crippen LogP contribution is 2.38. The number of carbonyl (C=O) groups excluding carboxylic acids is 1. The number of carbonyl (C=O) groups is 1. The molecule has 0 N–H and O–H groups in total. The van der Waals surface area contributed by atoms with Crippen molar-refractivity contribution in [2.75, 3.05) is 24.7 Å². The molecule has 33 heavy (non-hydrogen) atoms. The first-order valence-electron chi connectivity index (χ1n) is 11.4. The van der Waals surface area contributed by atoms with Gasteiger partial charge in [0, 0.05) is 37.2 Å². The Balaban J connectivity index is 1.35. The minimum atomic E-state index is 0.0166. The third-order valence-electron chi connectivity index (χ3n) is 6.43. The Bertz CT molecular complexity index is 1360. The van der Waals surface area contributed by atoms with E-state index in [1.165, 1.54) is 11.1 Å². The molecule has 6 heteroatoms. The molecule has 2 aliphatic heterocycles. The van der Waals surface area contributed by atoms with Crippen molar-refractivity contribution in [3.8, 4) is 11.5 Å². The van der Waals surface area contributed by atoms with E-state index in [9.17, 15) is 4.79 Å². The molecule has 0 saturated carbocycles. The van der Waals surface area contributed by atoms with Crippen LogP contribution in [-0.4, -0.2) is 35.2 Å². The second kappa shape index (κ2) is 7.96. The fourth-order valence-electron chi connectivity index (χ4n) is 4.90. The standard InChI is InChI=1S/C27H25N3O3/c1-18-5-4-6-19(13-18)16-30-23-8-3-2-7-22(23)28-27(30)20-14-26(31)29(17-20)21-9-10-24-25(15-21)33-12-11-32-24/h2-10,13,15,20H,11-12,14,16-17H2,1H3. The van der Waals surface area contributed by atoms with Crippen LogP contribution in [0.3, 0.4) is 0 Å². The van der Waals surface area contributed by atoms with E-state index in [-0.39, 0.29) is 11.8 Å². The Labute approximate surface area is 192 Å². The molecule has 0 radical (unpaired) electrons. The number of nitrogens with zero attached hydrogens (tertiary/aromatic N) is 3. The predicted octanol–water partition coefficient (Wildman–Crippen LogP) is 4.68. The maximum Gasteiger partial charge on any atom is 0.227 e. The molecule has 1 fully saturated rings. The maximum atomic E-state index is 13.1. The monoisotopic (exact) mass is 439 g/mol. The van der Waals surface area contributed by atoms with Crippen LogP contribution in [-0.2, 0) is 11.3 Å². The summed E-state index contributed by atoms with van der Waals surface area (Å²) in [6.07, 6.45) is 0.436. The normalized spacial score (nSPS) is 17.7. The van der Waals surface area contributed by atoms with Gasteiger partial charge < -0.3 is 18.9 Å². The molecule has 1 amide bonds. The van der Waals surface area contributed by atoms with Crippen molar-refractivity contribution in [1.82, 2.24) is 9.55 Å². The Morgan fingerprint density at radius 3 is 2.70 bits per heavy atom. The molecule has 4 aromatic rings. The Morgan fingerprint density at radius 2 is 1.82 bits per heavy atom. The van der Waals surface area contributed by atoms with E-state index in [0.29, 0.717) is 31.9 Å². The van der Waals surface area contributed by atoms with E-state index in [1.807, 2.05) is 41.3 Å². The van der Waals surface area contributed by atoms with Gasteiger partial charge in [-0.1, -0.05) is 42.0 Å². The van der Waals surface area contributed by atoms with Crippen LogP contribution in [0.25, 0.3) is 11.0 Å². The maximum absolute atomic E-state index is 13.1. The summed E-state index contributed by atoms with van der Waals surface area (Å²) < 4.78 is 13.6. The van der Waals surface area contributed by atoms with Crippen LogP contribution in [0.15, 0.2) is 66.7 Å². The smallest absolute Gasteiger partial charge is 0.227 e. The van der Waals surface area contributed by atoms with Gasteiger partial charge in [0.25, 0.3) is 0 Å². The van der Waals surface area contributed by atoms with Crippen molar-refractivity contribution in [1.29, 1.82) is 0 Å². The van der Waals surface area contributed by atoms with Gasteiger partial charge >= 0.3 is 0 Å². The number of benzene rings is 3. The highest BCUT2D eigenvalue weighted by Gasteiger charge is 2.35. The lowest BCUT2D eigenvalue weighted by Gasteiger charge is -2.22. The number of aromatic nitrogens is 2. The molecule has 3 aromatic carbocycles. The summed E-state index contributed by atoms with van der Waals surface area (Å²) in [6, 6.07) is 22.5. The number of ether oxygens (including phenoxy) is 2. The van der Waals surface area contributed by atoms with Gasteiger partial charge in [0.05, 0.1) is 11.0 Å². The quantitative estimate of drug-likeness (QED) is 0.463. The minimum Gasteiger partial charge on any atom is -0.486 e. The molecule has 1 saturated heterocycles. The molecule has 1 atom stereocenters. The van der Waals surface area contributed by atoms with Gasteiger partial charge in [-0.3, -0.25) is 4.79 Å². The molecular weight excluding hydrogens is 414 g/mol. The third-order valence-corrected chi connectivity index (χ3v) is 6.43. The zero-order chi connectivity index (χ0) is 22.4. The molecule has 166 valence electrons. The number of amides is 1. The lowest BCUT2D eigenvalue weighted by atomic mass is 10.1. The summed E-state index contributed by atoms with van der Waals surface area (Å²) in [6.45, 7) is 4.50. The first-order valence-corrected chi connectivity index (χ1v) is 11.4. The number of aryl methyl sites for hydroxylation is 1. The van der Waals surface area contributed by atoms with E-state index < -0.39 is 0 Å². The molecule has 0 aliphatic carbocycles. The lowest BCUT2D eigenvalue weighted by molar-refractivity contribution is -0.117. The van der Waals surface area contributed by atoms with Crippen LogP contribution in [0.4, 0.5) is 5.69 Å². The Kier molecular flexibility index (Phi) is 4.79. The molecule has 6 nitrogen and oxygen atoms in total. The van der Waals surface area contributed by atoms with Crippen LogP contribution in [0.5, 0.6) is 11.5 Å². The van der Waals surface area contributed by atoms with Crippen molar-refractivity contribution in [2.45, 2.75) is 25.8 Å². The zero-order valence-corrected chi connectivity index (χ0v) is 18.5. The van der Waals surface area contributed by atoms with Gasteiger partial charge in [0.15, 0.2) is 11.5 Å². The number of hydrogen-bond donors (Lipinski definition) is 0. The highest BCUT2D eigenvalue weighted by molar-refractivity contribution is 5.97. The summed E-state index contributed by atoms with van der Waals surface area (Å²) in [5.41, 5.74) is 5.37. The molecule has 2 aliphatic rings. The molecule has 1 aromatic heterocycles. The van der Waals surface area contributed by atoms with E-state index >= 15 is 0 Å². The molecule has 0 spiro atoms. The fourth-order valence-corrected chi connectivity index (χ4v) is 4.90. The summed E-state index contributed by atoms with van der Waals surface area (Å²) in [7, 11) is 0. The van der Waals surface area contributed by atoms with E-state index in [2.05, 4.69) is 41.8 Å². The van der Waals surface area contributed by atoms with Crippen LogP contribution in [0, 0.1) is 6.92 Å². The van der Waals surface area contributed by atoms with E-state index in [1.54, 1.807) is 0 Å². The highest BCUT2D eigenvalue weighted by atomic mass is 16.6. The van der Waals surface area contributed by atoms with E-state index in [4.69, 9.17) is 14.5 Å². The first kappa shape index (κ1) is 19.9.